The second-order valence-corrected chi connectivity index (χ2v) is 6.11. The lowest BCUT2D eigenvalue weighted by molar-refractivity contribution is 0.0364. The second-order valence-electron chi connectivity index (χ2n) is 5.01. The monoisotopic (exact) mass is 310 g/mol. The van der Waals surface area contributed by atoms with Gasteiger partial charge in [-0.05, 0) is 18.6 Å². The Kier molecular flexibility index (Phi) is 6.85. The largest absolute Gasteiger partial charge is 0.465 e. The first-order valence-corrected chi connectivity index (χ1v) is 8.20. The average Bonchev–Trinajstić information content (AvgIpc) is 2.51. The number of amides is 1. The Bertz CT molecular complexity index is 424. The van der Waals surface area contributed by atoms with Crippen molar-refractivity contribution in [3.63, 3.8) is 0 Å². The number of nitrogens with zero attached hydrogens (tertiary/aromatic N) is 1. The lowest BCUT2D eigenvalue weighted by Gasteiger charge is -2.28. The number of thioether (sulfide) groups is 1. The molecule has 1 unspecified atom stereocenters. The van der Waals surface area contributed by atoms with Crippen LogP contribution in [0.15, 0.2) is 35.2 Å². The van der Waals surface area contributed by atoms with Crippen LogP contribution in [0.3, 0.4) is 0 Å². The van der Waals surface area contributed by atoms with Gasteiger partial charge < -0.3 is 15.2 Å². The number of carbonyl (C=O) groups is 1. The quantitative estimate of drug-likeness (QED) is 0.756. The summed E-state index contributed by atoms with van der Waals surface area (Å²) in [5.41, 5.74) is 0. The van der Waals surface area contributed by atoms with Crippen molar-refractivity contribution in [2.75, 3.05) is 38.6 Å². The predicted octanol–water partition coefficient (Wildman–Crippen LogP) is 2.14. The Balaban J connectivity index is 1.77. The van der Waals surface area contributed by atoms with E-state index in [-0.39, 0.29) is 6.04 Å². The molecular weight excluding hydrogens is 288 g/mol. The van der Waals surface area contributed by atoms with Crippen molar-refractivity contribution in [2.24, 2.45) is 0 Å². The van der Waals surface area contributed by atoms with Crippen molar-refractivity contribution >= 4 is 17.9 Å². The van der Waals surface area contributed by atoms with Gasteiger partial charge in [0, 0.05) is 36.3 Å². The molecule has 1 aliphatic heterocycles. The van der Waals surface area contributed by atoms with Gasteiger partial charge in [0.25, 0.3) is 0 Å². The molecule has 116 valence electrons. The van der Waals surface area contributed by atoms with Crippen LogP contribution in [0.25, 0.3) is 0 Å². The van der Waals surface area contributed by atoms with Crippen LogP contribution in [0.1, 0.15) is 6.42 Å². The van der Waals surface area contributed by atoms with Crippen LogP contribution in [0.2, 0.25) is 0 Å². The van der Waals surface area contributed by atoms with Gasteiger partial charge in [0.1, 0.15) is 0 Å². The minimum Gasteiger partial charge on any atom is -0.465 e. The Morgan fingerprint density at radius 2 is 2.05 bits per heavy atom. The van der Waals surface area contributed by atoms with Gasteiger partial charge in [-0.15, -0.1) is 11.8 Å². The van der Waals surface area contributed by atoms with Crippen molar-refractivity contribution in [3.8, 4) is 0 Å². The minimum atomic E-state index is -0.948. The summed E-state index contributed by atoms with van der Waals surface area (Å²) in [5, 5.41) is 11.6. The third-order valence-electron chi connectivity index (χ3n) is 3.42. The van der Waals surface area contributed by atoms with Gasteiger partial charge in [0.2, 0.25) is 0 Å². The first-order valence-electron chi connectivity index (χ1n) is 7.21. The molecule has 2 rings (SSSR count). The highest BCUT2D eigenvalue weighted by Crippen LogP contribution is 2.19. The van der Waals surface area contributed by atoms with Crippen LogP contribution in [-0.4, -0.2) is 60.7 Å². The van der Waals surface area contributed by atoms with Crippen molar-refractivity contribution < 1.29 is 14.6 Å². The van der Waals surface area contributed by atoms with Crippen LogP contribution in [0.4, 0.5) is 4.79 Å². The number of carboxylic acid groups (broad SMARTS) is 1. The average molecular weight is 310 g/mol. The fourth-order valence-electron chi connectivity index (χ4n) is 2.25. The molecule has 1 aliphatic rings. The van der Waals surface area contributed by atoms with Gasteiger partial charge in [-0.1, -0.05) is 18.2 Å². The summed E-state index contributed by atoms with van der Waals surface area (Å²) in [6.45, 7) is 4.33. The van der Waals surface area contributed by atoms with Gasteiger partial charge in [0.15, 0.2) is 0 Å². The van der Waals surface area contributed by atoms with Crippen molar-refractivity contribution in [2.45, 2.75) is 17.4 Å². The van der Waals surface area contributed by atoms with E-state index in [9.17, 15) is 4.79 Å². The minimum absolute atomic E-state index is 0.0319. The lowest BCUT2D eigenvalue weighted by Crippen LogP contribution is -2.42. The molecule has 21 heavy (non-hydrogen) atoms. The summed E-state index contributed by atoms with van der Waals surface area (Å²) in [5.74, 6) is 0.751. The number of hydrogen-bond donors (Lipinski definition) is 2. The zero-order valence-electron chi connectivity index (χ0n) is 12.0. The molecule has 0 aliphatic carbocycles. The molecule has 5 nitrogen and oxygen atoms in total. The van der Waals surface area contributed by atoms with Gasteiger partial charge >= 0.3 is 6.09 Å². The van der Waals surface area contributed by atoms with E-state index >= 15 is 0 Å². The number of ether oxygens (including phenoxy) is 1. The molecule has 2 N–H and O–H groups in total. The number of rotatable bonds is 7. The summed E-state index contributed by atoms with van der Waals surface area (Å²) in [7, 11) is 0. The van der Waals surface area contributed by atoms with Crippen LogP contribution in [0, 0.1) is 0 Å². The summed E-state index contributed by atoms with van der Waals surface area (Å²) < 4.78 is 5.32. The van der Waals surface area contributed by atoms with Gasteiger partial charge in [-0.3, -0.25) is 4.90 Å². The number of hydrogen-bond acceptors (Lipinski definition) is 4. The summed E-state index contributed by atoms with van der Waals surface area (Å²) in [6, 6.07) is 10.0. The topological polar surface area (TPSA) is 61.8 Å². The molecule has 1 aromatic rings. The zero-order valence-corrected chi connectivity index (χ0v) is 12.8. The maximum absolute atomic E-state index is 10.9. The van der Waals surface area contributed by atoms with Crippen molar-refractivity contribution in [3.05, 3.63) is 30.3 Å². The molecule has 1 aromatic carbocycles. The standard InChI is InChI=1S/C15H22N2O3S/c18-15(19)16-13(6-7-17-8-10-20-11-9-17)12-21-14-4-2-1-3-5-14/h1-5,13,16H,6-12H2,(H,18,19). The normalized spacial score (nSPS) is 17.3. The Morgan fingerprint density at radius 1 is 1.33 bits per heavy atom. The number of benzene rings is 1. The van der Waals surface area contributed by atoms with E-state index in [1.807, 2.05) is 30.3 Å². The van der Waals surface area contributed by atoms with E-state index in [1.165, 1.54) is 4.90 Å². The molecule has 0 aromatic heterocycles. The van der Waals surface area contributed by atoms with E-state index in [1.54, 1.807) is 11.8 Å². The molecule has 1 heterocycles. The predicted molar refractivity (Wildman–Crippen MR) is 84.0 cm³/mol. The molecule has 0 bridgehead atoms. The number of nitrogens with one attached hydrogen (secondary N) is 1. The Morgan fingerprint density at radius 3 is 2.71 bits per heavy atom. The van der Waals surface area contributed by atoms with E-state index in [4.69, 9.17) is 9.84 Å². The van der Waals surface area contributed by atoms with E-state index in [0.717, 1.165) is 45.0 Å². The third kappa shape index (κ3) is 6.37. The first kappa shape index (κ1) is 16.1. The molecular formula is C15H22N2O3S. The molecule has 1 saturated heterocycles. The van der Waals surface area contributed by atoms with E-state index < -0.39 is 6.09 Å². The fraction of sp³-hybridized carbons (Fsp3) is 0.533. The highest BCUT2D eigenvalue weighted by molar-refractivity contribution is 7.99. The smallest absolute Gasteiger partial charge is 0.404 e. The summed E-state index contributed by atoms with van der Waals surface area (Å²) in [4.78, 5) is 14.4. The summed E-state index contributed by atoms with van der Waals surface area (Å²) >= 11 is 1.69. The van der Waals surface area contributed by atoms with Gasteiger partial charge in [-0.25, -0.2) is 4.79 Å². The van der Waals surface area contributed by atoms with Crippen LogP contribution in [0.5, 0.6) is 0 Å². The second kappa shape index (κ2) is 8.92. The van der Waals surface area contributed by atoms with Crippen molar-refractivity contribution in [1.82, 2.24) is 10.2 Å². The molecule has 1 atom stereocenters. The number of morpholine rings is 1. The Hall–Kier alpha value is -1.24. The third-order valence-corrected chi connectivity index (χ3v) is 4.59. The fourth-order valence-corrected chi connectivity index (χ4v) is 3.24. The van der Waals surface area contributed by atoms with Crippen LogP contribution < -0.4 is 5.32 Å². The maximum atomic E-state index is 10.9. The molecule has 0 saturated carbocycles. The SMILES string of the molecule is O=C(O)NC(CCN1CCOCC1)CSc1ccccc1. The van der Waals surface area contributed by atoms with Crippen LogP contribution in [-0.2, 0) is 4.74 Å². The van der Waals surface area contributed by atoms with E-state index in [2.05, 4.69) is 10.2 Å². The summed E-state index contributed by atoms with van der Waals surface area (Å²) in [6.07, 6.45) is -0.123. The molecule has 0 spiro atoms. The lowest BCUT2D eigenvalue weighted by atomic mass is 10.2. The molecule has 1 fully saturated rings. The highest BCUT2D eigenvalue weighted by atomic mass is 32.2. The zero-order chi connectivity index (χ0) is 14.9. The van der Waals surface area contributed by atoms with Crippen molar-refractivity contribution in [1.29, 1.82) is 0 Å². The van der Waals surface area contributed by atoms with Gasteiger partial charge in [-0.2, -0.15) is 0 Å². The Labute approximate surface area is 129 Å². The maximum Gasteiger partial charge on any atom is 0.404 e. The molecule has 0 radical (unpaired) electrons. The van der Waals surface area contributed by atoms with E-state index in [0.29, 0.717) is 0 Å². The first-order chi connectivity index (χ1) is 10.2. The highest BCUT2D eigenvalue weighted by Gasteiger charge is 2.16. The van der Waals surface area contributed by atoms with Crippen LogP contribution >= 0.6 is 11.8 Å². The molecule has 1 amide bonds. The van der Waals surface area contributed by atoms with Gasteiger partial charge in [0.05, 0.1) is 13.2 Å². The molecule has 6 heteroatoms.